The average Bonchev–Trinajstić information content (AvgIpc) is 2.23. The Balaban J connectivity index is 2.57. The van der Waals surface area contributed by atoms with E-state index in [-0.39, 0.29) is 12.3 Å². The second-order valence-electron chi connectivity index (χ2n) is 3.69. The second-order valence-corrected chi connectivity index (χ2v) is 3.69. The maximum atomic E-state index is 5.96. The van der Waals surface area contributed by atoms with Crippen molar-refractivity contribution in [1.82, 2.24) is 0 Å². The summed E-state index contributed by atoms with van der Waals surface area (Å²) in [5.41, 5.74) is 8.41. The fourth-order valence-corrected chi connectivity index (χ4v) is 1.54. The Morgan fingerprint density at radius 2 is 1.67 bits per heavy atom. The predicted molar refractivity (Wildman–Crippen MR) is 60.7 cm³/mol. The molecule has 0 bridgehead atoms. The summed E-state index contributed by atoms with van der Waals surface area (Å²) in [6, 6.07) is 8.19. The fourth-order valence-electron chi connectivity index (χ4n) is 1.54. The number of methoxy groups -OCH3 is 2. The van der Waals surface area contributed by atoms with Gasteiger partial charge in [-0.05, 0) is 18.9 Å². The van der Waals surface area contributed by atoms with Crippen LogP contribution in [-0.4, -0.2) is 26.6 Å². The van der Waals surface area contributed by atoms with Crippen LogP contribution in [0.5, 0.6) is 0 Å². The van der Waals surface area contributed by atoms with Gasteiger partial charge in [-0.15, -0.1) is 0 Å². The average molecular weight is 209 g/mol. The van der Waals surface area contributed by atoms with Crippen LogP contribution in [0.15, 0.2) is 24.3 Å². The second kappa shape index (κ2) is 5.85. The molecular formula is C12H19NO2. The van der Waals surface area contributed by atoms with Crippen molar-refractivity contribution in [3.8, 4) is 0 Å². The van der Waals surface area contributed by atoms with Crippen LogP contribution in [0.4, 0.5) is 0 Å². The molecule has 0 aliphatic heterocycles. The van der Waals surface area contributed by atoms with Gasteiger partial charge in [0.05, 0.1) is 6.04 Å². The third kappa shape index (κ3) is 3.63. The van der Waals surface area contributed by atoms with E-state index < -0.39 is 0 Å². The number of nitrogens with two attached hydrogens (primary N) is 1. The predicted octanol–water partition coefficient (Wildman–Crippen LogP) is 1.48. The third-order valence-corrected chi connectivity index (χ3v) is 2.41. The Labute approximate surface area is 91.2 Å². The molecule has 0 fully saturated rings. The minimum atomic E-state index is -0.341. The highest BCUT2D eigenvalue weighted by Crippen LogP contribution is 2.08. The van der Waals surface area contributed by atoms with Gasteiger partial charge < -0.3 is 15.2 Å². The summed E-state index contributed by atoms with van der Waals surface area (Å²) in [5.74, 6) is 0. The third-order valence-electron chi connectivity index (χ3n) is 2.41. The number of rotatable bonds is 5. The zero-order valence-corrected chi connectivity index (χ0v) is 9.57. The van der Waals surface area contributed by atoms with Crippen LogP contribution in [0.1, 0.15) is 11.1 Å². The summed E-state index contributed by atoms with van der Waals surface area (Å²) in [5, 5.41) is 0. The van der Waals surface area contributed by atoms with E-state index in [1.54, 1.807) is 14.2 Å². The van der Waals surface area contributed by atoms with Crippen LogP contribution in [0.3, 0.4) is 0 Å². The van der Waals surface area contributed by atoms with Crippen LogP contribution in [0.2, 0.25) is 0 Å². The molecule has 1 unspecified atom stereocenters. The molecule has 0 radical (unpaired) electrons. The van der Waals surface area contributed by atoms with Crippen LogP contribution >= 0.6 is 0 Å². The molecule has 0 saturated carbocycles. The van der Waals surface area contributed by atoms with E-state index >= 15 is 0 Å². The van der Waals surface area contributed by atoms with Gasteiger partial charge in [0, 0.05) is 14.2 Å². The minimum Gasteiger partial charge on any atom is -0.354 e. The zero-order chi connectivity index (χ0) is 11.3. The van der Waals surface area contributed by atoms with E-state index in [1.807, 2.05) is 0 Å². The molecule has 3 nitrogen and oxygen atoms in total. The highest BCUT2D eigenvalue weighted by atomic mass is 16.7. The maximum absolute atomic E-state index is 5.96. The smallest absolute Gasteiger partial charge is 0.172 e. The van der Waals surface area contributed by atoms with Crippen molar-refractivity contribution in [3.05, 3.63) is 35.4 Å². The Morgan fingerprint density at radius 3 is 2.13 bits per heavy atom. The van der Waals surface area contributed by atoms with Crippen LogP contribution < -0.4 is 5.73 Å². The lowest BCUT2D eigenvalue weighted by molar-refractivity contribution is -0.115. The molecule has 0 heterocycles. The summed E-state index contributed by atoms with van der Waals surface area (Å²) in [7, 11) is 3.20. The minimum absolute atomic E-state index is 0.136. The largest absolute Gasteiger partial charge is 0.354 e. The van der Waals surface area contributed by atoms with Crippen molar-refractivity contribution in [3.63, 3.8) is 0 Å². The van der Waals surface area contributed by atoms with Crippen LogP contribution in [-0.2, 0) is 15.9 Å². The van der Waals surface area contributed by atoms with E-state index in [1.165, 1.54) is 11.1 Å². The summed E-state index contributed by atoms with van der Waals surface area (Å²) < 4.78 is 10.2. The highest BCUT2D eigenvalue weighted by Gasteiger charge is 2.16. The van der Waals surface area contributed by atoms with E-state index in [2.05, 4.69) is 31.2 Å². The van der Waals surface area contributed by atoms with Crippen molar-refractivity contribution in [2.75, 3.05) is 14.2 Å². The molecule has 15 heavy (non-hydrogen) atoms. The standard InChI is InChI=1S/C12H19NO2/c1-9-4-6-10(7-5-9)8-11(13)12(14-2)15-3/h4-7,11-12H,8,13H2,1-3H3. The Morgan fingerprint density at radius 1 is 1.13 bits per heavy atom. The SMILES string of the molecule is COC(OC)C(N)Cc1ccc(C)cc1. The molecule has 0 aliphatic carbocycles. The molecule has 1 aromatic rings. The molecule has 0 spiro atoms. The first-order chi connectivity index (χ1) is 7.17. The van der Waals surface area contributed by atoms with Gasteiger partial charge in [-0.25, -0.2) is 0 Å². The molecule has 1 atom stereocenters. The van der Waals surface area contributed by atoms with Gasteiger partial charge in [0.2, 0.25) is 0 Å². The normalized spacial score (nSPS) is 13.1. The molecule has 1 aromatic carbocycles. The number of aryl methyl sites for hydroxylation is 1. The molecule has 0 aromatic heterocycles. The molecular weight excluding hydrogens is 190 g/mol. The Hall–Kier alpha value is -0.900. The lowest BCUT2D eigenvalue weighted by Gasteiger charge is -2.20. The Kier molecular flexibility index (Phi) is 4.75. The molecule has 1 rings (SSSR count). The number of hydrogen-bond acceptors (Lipinski definition) is 3. The van der Waals surface area contributed by atoms with E-state index in [9.17, 15) is 0 Å². The van der Waals surface area contributed by atoms with E-state index in [0.717, 1.165) is 6.42 Å². The van der Waals surface area contributed by atoms with Crippen molar-refractivity contribution < 1.29 is 9.47 Å². The summed E-state index contributed by atoms with van der Waals surface area (Å²) in [6.07, 6.45) is 0.415. The number of benzene rings is 1. The van der Waals surface area contributed by atoms with E-state index in [0.29, 0.717) is 0 Å². The molecule has 0 amide bonds. The topological polar surface area (TPSA) is 44.5 Å². The maximum Gasteiger partial charge on any atom is 0.172 e. The molecule has 84 valence electrons. The van der Waals surface area contributed by atoms with Gasteiger partial charge in [0.25, 0.3) is 0 Å². The van der Waals surface area contributed by atoms with Crippen LogP contribution in [0.25, 0.3) is 0 Å². The monoisotopic (exact) mass is 209 g/mol. The van der Waals surface area contributed by atoms with Gasteiger partial charge in [-0.2, -0.15) is 0 Å². The first kappa shape index (κ1) is 12.2. The van der Waals surface area contributed by atoms with Crippen molar-refractivity contribution in [2.45, 2.75) is 25.7 Å². The van der Waals surface area contributed by atoms with Gasteiger partial charge in [-0.3, -0.25) is 0 Å². The van der Waals surface area contributed by atoms with Gasteiger partial charge in [0.1, 0.15) is 0 Å². The van der Waals surface area contributed by atoms with Gasteiger partial charge >= 0.3 is 0 Å². The summed E-state index contributed by atoms with van der Waals surface area (Å²) >= 11 is 0. The van der Waals surface area contributed by atoms with Crippen molar-refractivity contribution in [2.24, 2.45) is 5.73 Å². The van der Waals surface area contributed by atoms with Gasteiger partial charge in [0.15, 0.2) is 6.29 Å². The molecule has 0 aliphatic rings. The van der Waals surface area contributed by atoms with Crippen molar-refractivity contribution in [1.29, 1.82) is 0 Å². The summed E-state index contributed by atoms with van der Waals surface area (Å²) in [4.78, 5) is 0. The zero-order valence-electron chi connectivity index (χ0n) is 9.57. The lowest BCUT2D eigenvalue weighted by atomic mass is 10.0. The first-order valence-corrected chi connectivity index (χ1v) is 5.04. The quantitative estimate of drug-likeness (QED) is 0.747. The summed E-state index contributed by atoms with van der Waals surface area (Å²) in [6.45, 7) is 2.07. The first-order valence-electron chi connectivity index (χ1n) is 5.04. The molecule has 3 heteroatoms. The molecule has 2 N–H and O–H groups in total. The number of ether oxygens (including phenoxy) is 2. The number of hydrogen-bond donors (Lipinski definition) is 1. The lowest BCUT2D eigenvalue weighted by Crippen LogP contribution is -2.39. The highest BCUT2D eigenvalue weighted by molar-refractivity contribution is 5.22. The fraction of sp³-hybridized carbons (Fsp3) is 0.500. The van der Waals surface area contributed by atoms with Gasteiger partial charge in [-0.1, -0.05) is 29.8 Å². The Bertz CT molecular complexity index is 280. The van der Waals surface area contributed by atoms with Crippen LogP contribution in [0, 0.1) is 6.92 Å². The van der Waals surface area contributed by atoms with Crippen molar-refractivity contribution >= 4 is 0 Å². The van der Waals surface area contributed by atoms with E-state index in [4.69, 9.17) is 15.2 Å². The molecule has 0 saturated heterocycles.